The molecular formula is C17H26ClN3O3S. The van der Waals surface area contributed by atoms with E-state index in [1.54, 1.807) is 30.3 Å². The molecule has 0 radical (unpaired) electrons. The van der Waals surface area contributed by atoms with Crippen molar-refractivity contribution in [3.63, 3.8) is 0 Å². The van der Waals surface area contributed by atoms with E-state index in [2.05, 4.69) is 10.0 Å². The van der Waals surface area contributed by atoms with Gasteiger partial charge in [0.2, 0.25) is 15.9 Å². The summed E-state index contributed by atoms with van der Waals surface area (Å²) in [6.45, 7) is 3.83. The van der Waals surface area contributed by atoms with Crippen LogP contribution in [0.1, 0.15) is 19.3 Å². The molecule has 3 rings (SSSR count). The zero-order valence-corrected chi connectivity index (χ0v) is 15.8. The topological polar surface area (TPSA) is 78.5 Å². The number of carbonyl (C=O) groups is 1. The van der Waals surface area contributed by atoms with Gasteiger partial charge in [-0.25, -0.2) is 13.1 Å². The van der Waals surface area contributed by atoms with Crippen molar-refractivity contribution < 1.29 is 13.2 Å². The second-order valence-corrected chi connectivity index (χ2v) is 8.36. The van der Waals surface area contributed by atoms with Gasteiger partial charge in [0.1, 0.15) is 0 Å². The summed E-state index contributed by atoms with van der Waals surface area (Å²) >= 11 is 0. The quantitative estimate of drug-likeness (QED) is 0.796. The lowest BCUT2D eigenvalue weighted by Crippen LogP contribution is -2.35. The number of carbonyl (C=O) groups excluding carboxylic acids is 1. The molecule has 2 fully saturated rings. The molecule has 8 heteroatoms. The summed E-state index contributed by atoms with van der Waals surface area (Å²) in [4.78, 5) is 14.5. The van der Waals surface area contributed by atoms with E-state index in [0.29, 0.717) is 11.8 Å². The predicted molar refractivity (Wildman–Crippen MR) is 99.2 cm³/mol. The molecule has 2 N–H and O–H groups in total. The van der Waals surface area contributed by atoms with E-state index >= 15 is 0 Å². The Morgan fingerprint density at radius 1 is 1.12 bits per heavy atom. The third kappa shape index (κ3) is 5.17. The summed E-state index contributed by atoms with van der Waals surface area (Å²) in [6, 6.07) is 8.23. The zero-order chi connectivity index (χ0) is 17.0. The molecule has 2 aliphatic rings. The Kier molecular flexibility index (Phi) is 7.25. The lowest BCUT2D eigenvalue weighted by molar-refractivity contribution is -0.131. The van der Waals surface area contributed by atoms with Crippen LogP contribution in [0.3, 0.4) is 0 Å². The average Bonchev–Trinajstić information content (AvgIpc) is 2.94. The van der Waals surface area contributed by atoms with Gasteiger partial charge < -0.3 is 10.2 Å². The fraction of sp³-hybridized carbons (Fsp3) is 0.588. The molecule has 0 spiro atoms. The van der Waals surface area contributed by atoms with Crippen molar-refractivity contribution in [3.05, 3.63) is 30.3 Å². The second kappa shape index (κ2) is 8.98. The summed E-state index contributed by atoms with van der Waals surface area (Å²) in [5.41, 5.74) is 0. The summed E-state index contributed by atoms with van der Waals surface area (Å²) in [6.07, 6.45) is 2.29. The molecule has 1 amide bonds. The minimum absolute atomic E-state index is 0. The van der Waals surface area contributed by atoms with Crippen molar-refractivity contribution in [2.75, 3.05) is 32.7 Å². The molecule has 0 bridgehead atoms. The largest absolute Gasteiger partial charge is 0.343 e. The highest BCUT2D eigenvalue weighted by atomic mass is 35.5. The Hall–Kier alpha value is -1.15. The first kappa shape index (κ1) is 20.2. The molecule has 0 aromatic heterocycles. The number of fused-ring (bicyclic) bond motifs is 1. The van der Waals surface area contributed by atoms with Gasteiger partial charge in [-0.15, -0.1) is 12.4 Å². The first-order valence-corrected chi connectivity index (χ1v) is 10.1. The molecule has 0 unspecified atom stereocenters. The van der Waals surface area contributed by atoms with Crippen LogP contribution in [-0.4, -0.2) is 51.9 Å². The first-order valence-electron chi connectivity index (χ1n) is 8.59. The SMILES string of the molecule is Cl.O=C(CCNS(=O)(=O)c1ccccc1)N1CC[C@@H]2CNC[C@@H]2CC1. The number of rotatable bonds is 5. The molecule has 6 nitrogen and oxygen atoms in total. The number of hydrogen-bond acceptors (Lipinski definition) is 4. The third-order valence-corrected chi connectivity index (χ3v) is 6.53. The van der Waals surface area contributed by atoms with Crippen LogP contribution in [0.25, 0.3) is 0 Å². The van der Waals surface area contributed by atoms with Crippen LogP contribution in [0.2, 0.25) is 0 Å². The Labute approximate surface area is 155 Å². The number of sulfonamides is 1. The highest BCUT2D eigenvalue weighted by Gasteiger charge is 2.31. The number of nitrogens with zero attached hydrogens (tertiary/aromatic N) is 1. The fourth-order valence-corrected chi connectivity index (χ4v) is 4.65. The first-order chi connectivity index (χ1) is 11.6. The second-order valence-electron chi connectivity index (χ2n) is 6.60. The number of nitrogens with one attached hydrogen (secondary N) is 2. The van der Waals surface area contributed by atoms with Crippen molar-refractivity contribution in [2.24, 2.45) is 11.8 Å². The number of likely N-dealkylation sites (tertiary alicyclic amines) is 1. The maximum absolute atomic E-state index is 12.4. The van der Waals surface area contributed by atoms with Gasteiger partial charge in [-0.1, -0.05) is 18.2 Å². The number of amides is 1. The van der Waals surface area contributed by atoms with E-state index in [1.165, 1.54) is 0 Å². The summed E-state index contributed by atoms with van der Waals surface area (Å²) in [5.74, 6) is 1.40. The Balaban J connectivity index is 0.00000225. The van der Waals surface area contributed by atoms with Gasteiger partial charge >= 0.3 is 0 Å². The highest BCUT2D eigenvalue weighted by molar-refractivity contribution is 7.89. The minimum atomic E-state index is -3.54. The standard InChI is InChI=1S/C17H25N3O3S.ClH/c21-17(20-10-7-14-12-18-13-15(14)8-11-20)6-9-19-24(22,23)16-4-2-1-3-5-16;/h1-5,14-15,18-19H,6-13H2;1H/t14-,15+;. The highest BCUT2D eigenvalue weighted by Crippen LogP contribution is 2.27. The van der Waals surface area contributed by atoms with Gasteiger partial charge in [-0.2, -0.15) is 0 Å². The normalized spacial score (nSPS) is 23.4. The van der Waals surface area contributed by atoms with Crippen LogP contribution in [0.4, 0.5) is 0 Å². The number of hydrogen-bond donors (Lipinski definition) is 2. The van der Waals surface area contributed by atoms with Gasteiger partial charge in [0, 0.05) is 26.1 Å². The molecule has 2 heterocycles. The van der Waals surface area contributed by atoms with Gasteiger partial charge in [0.25, 0.3) is 0 Å². The van der Waals surface area contributed by atoms with Crippen molar-refractivity contribution >= 4 is 28.3 Å². The smallest absolute Gasteiger partial charge is 0.240 e. The Bertz CT molecular complexity index is 655. The van der Waals surface area contributed by atoms with E-state index in [4.69, 9.17) is 0 Å². The lowest BCUT2D eigenvalue weighted by Gasteiger charge is -2.21. The van der Waals surface area contributed by atoms with Crippen LogP contribution in [0.15, 0.2) is 35.2 Å². The molecular weight excluding hydrogens is 362 g/mol. The molecule has 0 aliphatic carbocycles. The molecule has 0 saturated carbocycles. The van der Waals surface area contributed by atoms with E-state index < -0.39 is 10.0 Å². The minimum Gasteiger partial charge on any atom is -0.343 e. The van der Waals surface area contributed by atoms with Crippen LogP contribution in [-0.2, 0) is 14.8 Å². The third-order valence-electron chi connectivity index (χ3n) is 5.06. The van der Waals surface area contributed by atoms with Crippen molar-refractivity contribution in [2.45, 2.75) is 24.2 Å². The van der Waals surface area contributed by atoms with Crippen molar-refractivity contribution in [3.8, 4) is 0 Å². The Morgan fingerprint density at radius 2 is 1.72 bits per heavy atom. The molecule has 1 aromatic rings. The maximum Gasteiger partial charge on any atom is 0.240 e. The molecule has 2 atom stereocenters. The molecule has 2 aliphatic heterocycles. The van der Waals surface area contributed by atoms with E-state index in [9.17, 15) is 13.2 Å². The van der Waals surface area contributed by atoms with Crippen LogP contribution >= 0.6 is 12.4 Å². The zero-order valence-electron chi connectivity index (χ0n) is 14.2. The van der Waals surface area contributed by atoms with E-state index in [1.807, 2.05) is 4.90 Å². The maximum atomic E-state index is 12.4. The fourth-order valence-electron chi connectivity index (χ4n) is 3.60. The van der Waals surface area contributed by atoms with Crippen LogP contribution in [0.5, 0.6) is 0 Å². The van der Waals surface area contributed by atoms with Crippen LogP contribution < -0.4 is 10.0 Å². The molecule has 2 saturated heterocycles. The molecule has 140 valence electrons. The number of halogens is 1. The van der Waals surface area contributed by atoms with Gasteiger partial charge in [-0.3, -0.25) is 4.79 Å². The van der Waals surface area contributed by atoms with Gasteiger partial charge in [0.05, 0.1) is 4.90 Å². The van der Waals surface area contributed by atoms with E-state index in [-0.39, 0.29) is 36.2 Å². The molecule has 25 heavy (non-hydrogen) atoms. The summed E-state index contributed by atoms with van der Waals surface area (Å²) in [7, 11) is -3.54. The monoisotopic (exact) mass is 387 g/mol. The summed E-state index contributed by atoms with van der Waals surface area (Å²) < 4.78 is 26.8. The Morgan fingerprint density at radius 3 is 2.32 bits per heavy atom. The van der Waals surface area contributed by atoms with Crippen molar-refractivity contribution in [1.82, 2.24) is 14.9 Å². The average molecular weight is 388 g/mol. The lowest BCUT2D eigenvalue weighted by atomic mass is 9.92. The van der Waals surface area contributed by atoms with Crippen LogP contribution in [0, 0.1) is 11.8 Å². The van der Waals surface area contributed by atoms with Gasteiger partial charge in [-0.05, 0) is 49.9 Å². The van der Waals surface area contributed by atoms with Crippen molar-refractivity contribution in [1.29, 1.82) is 0 Å². The molecule has 1 aromatic carbocycles. The van der Waals surface area contributed by atoms with E-state index in [0.717, 1.165) is 39.0 Å². The van der Waals surface area contributed by atoms with Gasteiger partial charge in [0.15, 0.2) is 0 Å². The number of benzene rings is 1. The predicted octanol–water partition coefficient (Wildman–Crippen LogP) is 1.23. The summed E-state index contributed by atoms with van der Waals surface area (Å²) in [5, 5.41) is 3.42.